The molecule has 1 aliphatic rings. The van der Waals surface area contributed by atoms with Crippen molar-refractivity contribution in [3.8, 4) is 0 Å². The summed E-state index contributed by atoms with van der Waals surface area (Å²) in [7, 11) is -1.82. The van der Waals surface area contributed by atoms with Gasteiger partial charge in [0, 0.05) is 30.8 Å². The fourth-order valence-corrected chi connectivity index (χ4v) is 4.32. The number of nitro benzene ring substituents is 1. The quantitative estimate of drug-likeness (QED) is 0.667. The zero-order valence-corrected chi connectivity index (χ0v) is 12.9. The minimum atomic E-state index is -3.68. The van der Waals surface area contributed by atoms with Gasteiger partial charge in [0.05, 0.1) is 9.82 Å². The van der Waals surface area contributed by atoms with Crippen molar-refractivity contribution in [2.75, 3.05) is 20.1 Å². The molecular weight excluding hydrogens is 294 g/mol. The maximum atomic E-state index is 12.7. The van der Waals surface area contributed by atoms with Crippen molar-refractivity contribution in [1.29, 1.82) is 0 Å². The Hall–Kier alpha value is -1.51. The van der Waals surface area contributed by atoms with E-state index in [1.54, 1.807) is 0 Å². The largest absolute Gasteiger partial charge is 0.317 e. The Labute approximate surface area is 124 Å². The van der Waals surface area contributed by atoms with E-state index in [1.807, 2.05) is 7.05 Å². The van der Waals surface area contributed by atoms with Crippen LogP contribution in [-0.2, 0) is 10.0 Å². The molecular formula is C13H19N3O4S. The van der Waals surface area contributed by atoms with Crippen LogP contribution in [-0.4, -0.2) is 43.8 Å². The SMILES string of the molecule is CNC1CCN(S(=O)(=O)c2cccc([N+](=O)[O-])c2C)CC1. The summed E-state index contributed by atoms with van der Waals surface area (Å²) in [5.74, 6) is 0. The van der Waals surface area contributed by atoms with Gasteiger partial charge in [-0.2, -0.15) is 4.31 Å². The molecule has 0 saturated carbocycles. The van der Waals surface area contributed by atoms with Crippen molar-refractivity contribution in [3.05, 3.63) is 33.9 Å². The molecule has 0 aliphatic carbocycles. The molecule has 1 N–H and O–H groups in total. The van der Waals surface area contributed by atoms with Crippen LogP contribution in [0.15, 0.2) is 23.1 Å². The highest BCUT2D eigenvalue weighted by atomic mass is 32.2. The molecule has 116 valence electrons. The molecule has 7 nitrogen and oxygen atoms in total. The number of hydrogen-bond acceptors (Lipinski definition) is 5. The molecule has 0 radical (unpaired) electrons. The first-order chi connectivity index (χ1) is 9.87. The zero-order chi connectivity index (χ0) is 15.6. The van der Waals surface area contributed by atoms with Gasteiger partial charge in [0.25, 0.3) is 5.69 Å². The summed E-state index contributed by atoms with van der Waals surface area (Å²) in [6.45, 7) is 2.33. The molecule has 1 fully saturated rings. The molecule has 0 spiro atoms. The Bertz CT molecular complexity index is 637. The second-order valence-corrected chi connectivity index (χ2v) is 7.03. The van der Waals surface area contributed by atoms with Crippen LogP contribution in [0.2, 0.25) is 0 Å². The third kappa shape index (κ3) is 3.07. The van der Waals surface area contributed by atoms with E-state index in [0.717, 1.165) is 12.8 Å². The highest BCUT2D eigenvalue weighted by molar-refractivity contribution is 7.89. The summed E-state index contributed by atoms with van der Waals surface area (Å²) in [6.07, 6.45) is 1.48. The number of sulfonamides is 1. The molecule has 0 bridgehead atoms. The van der Waals surface area contributed by atoms with Gasteiger partial charge in [-0.3, -0.25) is 10.1 Å². The highest BCUT2D eigenvalue weighted by Crippen LogP contribution is 2.28. The molecule has 0 unspecified atom stereocenters. The second kappa shape index (κ2) is 6.08. The minimum Gasteiger partial charge on any atom is -0.317 e. The van der Waals surface area contributed by atoms with Crippen LogP contribution in [0.4, 0.5) is 5.69 Å². The minimum absolute atomic E-state index is 0.0274. The summed E-state index contributed by atoms with van der Waals surface area (Å²) in [5, 5.41) is 14.1. The van der Waals surface area contributed by atoms with Crippen molar-refractivity contribution < 1.29 is 13.3 Å². The van der Waals surface area contributed by atoms with E-state index >= 15 is 0 Å². The molecule has 1 aromatic rings. The van der Waals surface area contributed by atoms with Gasteiger partial charge in [-0.15, -0.1) is 0 Å². The van der Waals surface area contributed by atoms with Crippen LogP contribution >= 0.6 is 0 Å². The first kappa shape index (κ1) is 15.9. The van der Waals surface area contributed by atoms with E-state index in [4.69, 9.17) is 0 Å². The number of benzene rings is 1. The summed E-state index contributed by atoms with van der Waals surface area (Å²) in [5.41, 5.74) is 0.0272. The van der Waals surface area contributed by atoms with Crippen molar-refractivity contribution in [1.82, 2.24) is 9.62 Å². The summed E-state index contributed by atoms with van der Waals surface area (Å²) >= 11 is 0. The summed E-state index contributed by atoms with van der Waals surface area (Å²) in [4.78, 5) is 10.4. The zero-order valence-electron chi connectivity index (χ0n) is 12.1. The van der Waals surface area contributed by atoms with Gasteiger partial charge in [-0.25, -0.2) is 8.42 Å². The van der Waals surface area contributed by atoms with Gasteiger partial charge in [0.1, 0.15) is 0 Å². The van der Waals surface area contributed by atoms with Crippen LogP contribution in [0.25, 0.3) is 0 Å². The fraction of sp³-hybridized carbons (Fsp3) is 0.538. The lowest BCUT2D eigenvalue weighted by molar-refractivity contribution is -0.385. The summed E-state index contributed by atoms with van der Waals surface area (Å²) in [6, 6.07) is 4.49. The lowest BCUT2D eigenvalue weighted by atomic mass is 10.1. The number of rotatable bonds is 4. The lowest BCUT2D eigenvalue weighted by Gasteiger charge is -2.31. The number of nitrogens with one attached hydrogen (secondary N) is 1. The van der Waals surface area contributed by atoms with Gasteiger partial charge in [-0.05, 0) is 32.9 Å². The van der Waals surface area contributed by atoms with Crippen molar-refractivity contribution >= 4 is 15.7 Å². The molecule has 0 amide bonds. The Morgan fingerprint density at radius 3 is 2.48 bits per heavy atom. The van der Waals surface area contributed by atoms with Crippen LogP contribution in [0, 0.1) is 17.0 Å². The Kier molecular flexibility index (Phi) is 4.60. The molecule has 21 heavy (non-hydrogen) atoms. The van der Waals surface area contributed by atoms with Gasteiger partial charge in [0.15, 0.2) is 0 Å². The highest BCUT2D eigenvalue weighted by Gasteiger charge is 2.31. The molecule has 0 aromatic heterocycles. The first-order valence-corrected chi connectivity index (χ1v) is 8.23. The Morgan fingerprint density at radius 1 is 1.33 bits per heavy atom. The molecule has 1 aliphatic heterocycles. The molecule has 1 aromatic carbocycles. The fourth-order valence-electron chi connectivity index (χ4n) is 2.60. The van der Waals surface area contributed by atoms with Crippen LogP contribution < -0.4 is 5.32 Å². The maximum Gasteiger partial charge on any atom is 0.273 e. The second-order valence-electron chi connectivity index (χ2n) is 5.12. The van der Waals surface area contributed by atoms with Crippen molar-refractivity contribution in [2.24, 2.45) is 0 Å². The van der Waals surface area contributed by atoms with E-state index in [1.165, 1.54) is 29.4 Å². The van der Waals surface area contributed by atoms with Gasteiger partial charge in [0.2, 0.25) is 10.0 Å². The number of piperidine rings is 1. The molecule has 1 saturated heterocycles. The predicted molar refractivity (Wildman–Crippen MR) is 78.7 cm³/mol. The predicted octanol–water partition coefficient (Wildman–Crippen LogP) is 1.28. The van der Waals surface area contributed by atoms with Crippen LogP contribution in [0.3, 0.4) is 0 Å². The van der Waals surface area contributed by atoms with Crippen molar-refractivity contribution in [3.63, 3.8) is 0 Å². The standard InChI is InChI=1S/C13H19N3O4S/c1-10-12(16(17)18)4-3-5-13(10)21(19,20)15-8-6-11(14-2)7-9-15/h3-5,11,14H,6-9H2,1-2H3. The number of nitro groups is 1. The van der Waals surface area contributed by atoms with Crippen LogP contribution in [0.5, 0.6) is 0 Å². The van der Waals surface area contributed by atoms with E-state index in [-0.39, 0.29) is 16.1 Å². The number of nitrogens with zero attached hydrogens (tertiary/aromatic N) is 2. The van der Waals surface area contributed by atoms with Gasteiger partial charge in [-0.1, -0.05) is 6.07 Å². The molecule has 1 heterocycles. The van der Waals surface area contributed by atoms with E-state index in [2.05, 4.69) is 5.32 Å². The number of hydrogen-bond donors (Lipinski definition) is 1. The van der Waals surface area contributed by atoms with Crippen LogP contribution in [0.1, 0.15) is 18.4 Å². The third-order valence-corrected chi connectivity index (χ3v) is 5.98. The lowest BCUT2D eigenvalue weighted by Crippen LogP contribution is -2.44. The van der Waals surface area contributed by atoms with E-state index < -0.39 is 14.9 Å². The first-order valence-electron chi connectivity index (χ1n) is 6.79. The topological polar surface area (TPSA) is 92.6 Å². The normalized spacial score (nSPS) is 17.8. The van der Waals surface area contributed by atoms with Crippen molar-refractivity contribution in [2.45, 2.75) is 30.7 Å². The average molecular weight is 313 g/mol. The third-order valence-electron chi connectivity index (χ3n) is 3.93. The maximum absolute atomic E-state index is 12.7. The molecule has 8 heteroatoms. The van der Waals surface area contributed by atoms with E-state index in [9.17, 15) is 18.5 Å². The Morgan fingerprint density at radius 2 is 1.95 bits per heavy atom. The smallest absolute Gasteiger partial charge is 0.273 e. The average Bonchev–Trinajstić information content (AvgIpc) is 2.47. The van der Waals surface area contributed by atoms with Gasteiger partial charge >= 0.3 is 0 Å². The monoisotopic (exact) mass is 313 g/mol. The van der Waals surface area contributed by atoms with Gasteiger partial charge < -0.3 is 5.32 Å². The molecule has 2 rings (SSSR count). The summed E-state index contributed by atoms with van der Waals surface area (Å²) < 4.78 is 26.7. The van der Waals surface area contributed by atoms with E-state index in [0.29, 0.717) is 19.1 Å². The molecule has 0 atom stereocenters. The Balaban J connectivity index is 2.33.